The Labute approximate surface area is 210 Å². The summed E-state index contributed by atoms with van der Waals surface area (Å²) in [5.41, 5.74) is 1.63. The monoisotopic (exact) mass is 533 g/mol. The number of imidazole rings is 1. The number of aromatic amines is 1. The lowest BCUT2D eigenvalue weighted by Gasteiger charge is -2.09. The minimum atomic E-state index is -3.09. The van der Waals surface area contributed by atoms with E-state index in [0.29, 0.717) is 11.1 Å². The fourth-order valence-corrected chi connectivity index (χ4v) is 4.32. The highest BCUT2D eigenvalue weighted by Gasteiger charge is 2.17. The summed E-state index contributed by atoms with van der Waals surface area (Å²) in [6.45, 7) is 1.81. The van der Waals surface area contributed by atoms with Crippen LogP contribution in [-0.4, -0.2) is 53.1 Å². The predicted octanol–water partition coefficient (Wildman–Crippen LogP) is 5.03. The lowest BCUT2D eigenvalue weighted by atomic mass is 10.1. The van der Waals surface area contributed by atoms with Gasteiger partial charge in [-0.3, -0.25) is 0 Å². The number of aryl methyl sites for hydroxylation is 1. The summed E-state index contributed by atoms with van der Waals surface area (Å²) in [6.07, 6.45) is 1.43. The molecular weight excluding hydrogens is 513 g/mol. The van der Waals surface area contributed by atoms with Gasteiger partial charge in [-0.15, -0.1) is 0 Å². The number of aromatic nitrogens is 3. The number of nitrogens with zero attached hydrogens (tertiary/aromatic N) is 2. The Balaban J connectivity index is 1.55. The first-order valence-corrected chi connectivity index (χ1v) is 13.1. The zero-order chi connectivity index (χ0) is 26.0. The Bertz CT molecular complexity index is 1570. The van der Waals surface area contributed by atoms with Crippen LogP contribution < -0.4 is 9.47 Å². The van der Waals surface area contributed by atoms with Crippen molar-refractivity contribution in [2.75, 3.05) is 18.6 Å². The first-order chi connectivity index (χ1) is 17.0. The number of benzene rings is 2. The van der Waals surface area contributed by atoms with E-state index in [2.05, 4.69) is 15.0 Å². The number of H-pyrrole nitrogens is 1. The number of fused-ring (bicyclic) bond motifs is 1. The summed E-state index contributed by atoms with van der Waals surface area (Å²) in [4.78, 5) is 22.9. The summed E-state index contributed by atoms with van der Waals surface area (Å²) in [5.74, 6) is -1.21. The first-order valence-electron chi connectivity index (χ1n) is 10.7. The number of carbonyl (C=O) groups is 1. The number of carboxylic acid groups (broad SMARTS) is 1. The van der Waals surface area contributed by atoms with Crippen LogP contribution in [0.25, 0.3) is 22.4 Å². The number of nitrogens with one attached hydrogen (secondary N) is 1. The minimum absolute atomic E-state index is 0.0207. The van der Waals surface area contributed by atoms with Gasteiger partial charge in [-0.25, -0.2) is 22.6 Å². The molecule has 0 radical (unpaired) electrons. The van der Waals surface area contributed by atoms with E-state index in [1.165, 1.54) is 30.3 Å². The molecule has 2 aromatic heterocycles. The normalized spacial score (nSPS) is 11.6. The summed E-state index contributed by atoms with van der Waals surface area (Å²) < 4.78 is 48.4. The highest BCUT2D eigenvalue weighted by Crippen LogP contribution is 2.33. The van der Waals surface area contributed by atoms with Crippen LogP contribution in [0.4, 0.5) is 4.39 Å². The van der Waals surface area contributed by atoms with E-state index in [-0.39, 0.29) is 63.8 Å². The molecule has 2 heterocycles. The van der Waals surface area contributed by atoms with Crippen molar-refractivity contribution in [2.24, 2.45) is 0 Å². The average Bonchev–Trinajstić information content (AvgIpc) is 3.18. The van der Waals surface area contributed by atoms with Gasteiger partial charge in [0.2, 0.25) is 0 Å². The van der Waals surface area contributed by atoms with Crippen LogP contribution in [0.2, 0.25) is 5.02 Å². The number of carboxylic acids is 1. The van der Waals surface area contributed by atoms with Crippen molar-refractivity contribution in [1.82, 2.24) is 15.0 Å². The second-order valence-electron chi connectivity index (χ2n) is 8.09. The standard InChI is InChI=1S/C24H21ClFN3O6S/c1-13-4-5-15(10-17(13)23(30)31)35-24-27-20-12-18(25)21(28-22(20)29-24)16-7-6-14(11-19(16)26)34-8-3-9-36(2,32)33/h4-7,10-12H,3,8-9H2,1-2H3,(H,30,31)(H,27,28,29). The number of pyridine rings is 1. The number of hydrogen-bond donors (Lipinski definition) is 2. The van der Waals surface area contributed by atoms with Crippen molar-refractivity contribution >= 4 is 38.6 Å². The highest BCUT2D eigenvalue weighted by atomic mass is 35.5. The zero-order valence-corrected chi connectivity index (χ0v) is 20.8. The third kappa shape index (κ3) is 5.92. The fourth-order valence-electron chi connectivity index (χ4n) is 3.43. The molecule has 0 aliphatic heterocycles. The Hall–Kier alpha value is -3.70. The topological polar surface area (TPSA) is 131 Å². The number of hydrogen-bond acceptors (Lipinski definition) is 7. The Kier molecular flexibility index (Phi) is 7.14. The minimum Gasteiger partial charge on any atom is -0.493 e. The number of rotatable bonds is 9. The van der Waals surface area contributed by atoms with Crippen LogP contribution >= 0.6 is 11.6 Å². The Morgan fingerprint density at radius 2 is 1.89 bits per heavy atom. The molecule has 0 atom stereocenters. The molecule has 0 saturated heterocycles. The smallest absolute Gasteiger partial charge is 0.336 e. The quantitative estimate of drug-likeness (QED) is 0.286. The van der Waals surface area contributed by atoms with Crippen molar-refractivity contribution < 1.29 is 32.2 Å². The largest absolute Gasteiger partial charge is 0.493 e. The van der Waals surface area contributed by atoms with Gasteiger partial charge >= 0.3 is 12.0 Å². The van der Waals surface area contributed by atoms with Crippen molar-refractivity contribution in [3.05, 3.63) is 64.4 Å². The average molecular weight is 534 g/mol. The van der Waals surface area contributed by atoms with Crippen LogP contribution in [0, 0.1) is 12.7 Å². The zero-order valence-electron chi connectivity index (χ0n) is 19.2. The molecule has 0 aliphatic rings. The molecule has 36 heavy (non-hydrogen) atoms. The molecule has 0 spiro atoms. The van der Waals surface area contributed by atoms with E-state index < -0.39 is 21.6 Å². The van der Waals surface area contributed by atoms with Gasteiger partial charge in [0.15, 0.2) is 5.65 Å². The third-order valence-electron chi connectivity index (χ3n) is 5.18. The van der Waals surface area contributed by atoms with Crippen LogP contribution in [0.5, 0.6) is 17.5 Å². The maximum Gasteiger partial charge on any atom is 0.336 e. The summed E-state index contributed by atoms with van der Waals surface area (Å²) in [6, 6.07) is 10.4. The van der Waals surface area contributed by atoms with Gasteiger partial charge in [0.1, 0.15) is 27.2 Å². The van der Waals surface area contributed by atoms with Crippen LogP contribution in [0.15, 0.2) is 42.5 Å². The molecule has 12 heteroatoms. The van der Waals surface area contributed by atoms with E-state index >= 15 is 0 Å². The number of ether oxygens (including phenoxy) is 2. The molecule has 9 nitrogen and oxygen atoms in total. The fraction of sp³-hybridized carbons (Fsp3) is 0.208. The molecular formula is C24H21ClFN3O6S. The maximum absolute atomic E-state index is 14.9. The molecule has 0 bridgehead atoms. The van der Waals surface area contributed by atoms with E-state index in [4.69, 9.17) is 21.1 Å². The molecule has 2 N–H and O–H groups in total. The number of halogens is 2. The van der Waals surface area contributed by atoms with Crippen molar-refractivity contribution in [3.8, 4) is 28.8 Å². The molecule has 0 unspecified atom stereocenters. The van der Waals surface area contributed by atoms with Gasteiger partial charge in [0.25, 0.3) is 0 Å². The molecule has 0 aliphatic carbocycles. The predicted molar refractivity (Wildman–Crippen MR) is 132 cm³/mol. The molecule has 0 saturated carbocycles. The van der Waals surface area contributed by atoms with Gasteiger partial charge < -0.3 is 19.6 Å². The third-order valence-corrected chi connectivity index (χ3v) is 6.50. The second-order valence-corrected chi connectivity index (χ2v) is 10.8. The van der Waals surface area contributed by atoms with Crippen LogP contribution in [0.3, 0.4) is 0 Å². The number of sulfone groups is 1. The summed E-state index contributed by atoms with van der Waals surface area (Å²) in [7, 11) is -3.09. The molecule has 4 rings (SSSR count). The number of aromatic carboxylic acids is 1. The van der Waals surface area contributed by atoms with E-state index in [1.807, 2.05) is 0 Å². The van der Waals surface area contributed by atoms with Crippen LogP contribution in [-0.2, 0) is 9.84 Å². The first kappa shape index (κ1) is 25.4. The Morgan fingerprint density at radius 1 is 1.14 bits per heavy atom. The molecule has 0 amide bonds. The lowest BCUT2D eigenvalue weighted by Crippen LogP contribution is -2.08. The van der Waals surface area contributed by atoms with Gasteiger partial charge in [-0.2, -0.15) is 4.98 Å². The summed E-state index contributed by atoms with van der Waals surface area (Å²) >= 11 is 6.37. The van der Waals surface area contributed by atoms with E-state index in [9.17, 15) is 22.7 Å². The van der Waals surface area contributed by atoms with Gasteiger partial charge in [-0.05, 0) is 49.2 Å². The van der Waals surface area contributed by atoms with E-state index in [0.717, 1.165) is 6.26 Å². The highest BCUT2D eigenvalue weighted by molar-refractivity contribution is 7.90. The molecule has 2 aromatic carbocycles. The summed E-state index contributed by atoms with van der Waals surface area (Å²) in [5, 5.41) is 9.47. The molecule has 188 valence electrons. The maximum atomic E-state index is 14.9. The van der Waals surface area contributed by atoms with Gasteiger partial charge in [-0.1, -0.05) is 17.7 Å². The van der Waals surface area contributed by atoms with Gasteiger partial charge in [0, 0.05) is 17.9 Å². The SMILES string of the molecule is Cc1ccc(Oc2nc3nc(-c4ccc(OCCCS(C)(=O)=O)cc4F)c(Cl)cc3[nH]2)cc1C(=O)O. The molecule has 0 fully saturated rings. The van der Waals surface area contributed by atoms with Crippen molar-refractivity contribution in [2.45, 2.75) is 13.3 Å². The Morgan fingerprint density at radius 3 is 2.58 bits per heavy atom. The second kappa shape index (κ2) is 10.1. The van der Waals surface area contributed by atoms with Crippen molar-refractivity contribution in [3.63, 3.8) is 0 Å². The van der Waals surface area contributed by atoms with Crippen LogP contribution in [0.1, 0.15) is 22.3 Å². The molecule has 4 aromatic rings. The van der Waals surface area contributed by atoms with Crippen molar-refractivity contribution in [1.29, 1.82) is 0 Å². The van der Waals surface area contributed by atoms with E-state index in [1.54, 1.807) is 19.1 Å². The lowest BCUT2D eigenvalue weighted by molar-refractivity contribution is 0.0695. The van der Waals surface area contributed by atoms with Gasteiger partial charge in [0.05, 0.1) is 34.2 Å².